The average Bonchev–Trinajstić information content (AvgIpc) is 2.28. The Kier molecular flexibility index (Phi) is 5.12. The second-order valence-corrected chi connectivity index (χ2v) is 6.61. The van der Waals surface area contributed by atoms with Gasteiger partial charge in [0.05, 0.1) is 6.42 Å². The highest BCUT2D eigenvalue weighted by Gasteiger charge is 2.43. The maximum Gasteiger partial charge on any atom is 0.305 e. The lowest BCUT2D eigenvalue weighted by atomic mass is 9.79. The lowest BCUT2D eigenvalue weighted by Gasteiger charge is -2.42. The summed E-state index contributed by atoms with van der Waals surface area (Å²) in [6.45, 7) is 2.01. The molecule has 0 amide bonds. The van der Waals surface area contributed by atoms with E-state index in [1.807, 2.05) is 0 Å². The van der Waals surface area contributed by atoms with E-state index in [-0.39, 0.29) is 6.42 Å². The fraction of sp³-hybridized carbons (Fsp3) is 0.909. The summed E-state index contributed by atoms with van der Waals surface area (Å²) >= 11 is 0. The molecule has 0 radical (unpaired) electrons. The van der Waals surface area contributed by atoms with Gasteiger partial charge in [-0.25, -0.2) is 4.72 Å². The van der Waals surface area contributed by atoms with Crippen molar-refractivity contribution in [2.24, 2.45) is 0 Å². The van der Waals surface area contributed by atoms with E-state index in [9.17, 15) is 13.2 Å². The molecule has 0 heterocycles. The Bertz CT molecular complexity index is 388. The van der Waals surface area contributed by atoms with Gasteiger partial charge in [-0.3, -0.25) is 4.79 Å². The van der Waals surface area contributed by atoms with Gasteiger partial charge in [0, 0.05) is 19.1 Å². The largest absolute Gasteiger partial charge is 0.481 e. The highest BCUT2D eigenvalue weighted by molar-refractivity contribution is 7.87. The third-order valence-electron chi connectivity index (χ3n) is 3.62. The fourth-order valence-electron chi connectivity index (χ4n) is 2.63. The summed E-state index contributed by atoms with van der Waals surface area (Å²) in [5, 5.41) is 9.03. The van der Waals surface area contributed by atoms with Gasteiger partial charge in [0.15, 0.2) is 0 Å². The minimum atomic E-state index is -3.59. The number of hydrogen-bond acceptors (Lipinski definition) is 3. The van der Waals surface area contributed by atoms with Gasteiger partial charge in [-0.15, -0.1) is 0 Å². The van der Waals surface area contributed by atoms with Gasteiger partial charge in [0.1, 0.15) is 0 Å². The molecule has 0 aromatic rings. The van der Waals surface area contributed by atoms with E-state index in [1.54, 1.807) is 6.92 Å². The van der Waals surface area contributed by atoms with Crippen LogP contribution in [0.25, 0.3) is 0 Å². The van der Waals surface area contributed by atoms with Gasteiger partial charge >= 0.3 is 5.97 Å². The zero-order valence-electron chi connectivity index (χ0n) is 11.0. The molecule has 0 bridgehead atoms. The van der Waals surface area contributed by atoms with Crippen molar-refractivity contribution in [1.29, 1.82) is 0 Å². The maximum atomic E-state index is 12.0. The third kappa shape index (κ3) is 3.43. The van der Waals surface area contributed by atoms with Crippen LogP contribution in [0.1, 0.15) is 45.4 Å². The first kappa shape index (κ1) is 15.4. The van der Waals surface area contributed by atoms with Crippen LogP contribution in [0, 0.1) is 0 Å². The Balaban J connectivity index is 2.98. The molecule has 0 saturated heterocycles. The second kappa shape index (κ2) is 5.99. The molecule has 18 heavy (non-hydrogen) atoms. The lowest BCUT2D eigenvalue weighted by Crippen LogP contribution is -2.55. The number of hydrogen-bond donors (Lipinski definition) is 2. The quantitative estimate of drug-likeness (QED) is 0.757. The fourth-order valence-corrected chi connectivity index (χ4v) is 3.94. The van der Waals surface area contributed by atoms with Gasteiger partial charge in [0.25, 0.3) is 10.2 Å². The van der Waals surface area contributed by atoms with Gasteiger partial charge in [-0.05, 0) is 12.8 Å². The Labute approximate surface area is 109 Å². The number of aliphatic carboxylic acids is 1. The summed E-state index contributed by atoms with van der Waals surface area (Å²) in [6, 6.07) is 0. The van der Waals surface area contributed by atoms with Gasteiger partial charge in [-0.1, -0.05) is 26.2 Å². The monoisotopic (exact) mass is 278 g/mol. The van der Waals surface area contributed by atoms with E-state index < -0.39 is 21.7 Å². The SMILES string of the molecule is CCNS(=O)(=O)N(C)C1(CC(=O)O)CCCCC1. The van der Waals surface area contributed by atoms with Crippen LogP contribution in [-0.4, -0.2) is 42.9 Å². The molecule has 1 aliphatic carbocycles. The van der Waals surface area contributed by atoms with Crippen LogP contribution in [0.15, 0.2) is 0 Å². The number of carboxylic acids is 1. The van der Waals surface area contributed by atoms with E-state index in [1.165, 1.54) is 11.4 Å². The zero-order valence-corrected chi connectivity index (χ0v) is 11.8. The van der Waals surface area contributed by atoms with Crippen LogP contribution in [0.4, 0.5) is 0 Å². The predicted molar refractivity (Wildman–Crippen MR) is 68.4 cm³/mol. The first-order chi connectivity index (χ1) is 8.34. The Morgan fingerprint density at radius 3 is 2.33 bits per heavy atom. The molecule has 2 N–H and O–H groups in total. The molecule has 0 aromatic carbocycles. The number of carbonyl (C=O) groups is 1. The van der Waals surface area contributed by atoms with Crippen molar-refractivity contribution >= 4 is 16.2 Å². The molecule has 1 saturated carbocycles. The van der Waals surface area contributed by atoms with Crippen molar-refractivity contribution in [3.63, 3.8) is 0 Å². The first-order valence-corrected chi connectivity index (χ1v) is 7.73. The predicted octanol–water partition coefficient (Wildman–Crippen LogP) is 0.950. The topological polar surface area (TPSA) is 86.7 Å². The molecule has 0 aromatic heterocycles. The Morgan fingerprint density at radius 1 is 1.33 bits per heavy atom. The Hall–Kier alpha value is -0.660. The Morgan fingerprint density at radius 2 is 1.89 bits per heavy atom. The van der Waals surface area contributed by atoms with Crippen LogP contribution in [0.5, 0.6) is 0 Å². The summed E-state index contributed by atoms with van der Waals surface area (Å²) in [6.07, 6.45) is 3.88. The standard InChI is InChI=1S/C11H22N2O4S/c1-3-12-18(16,17)13(2)11(9-10(14)15)7-5-4-6-8-11/h12H,3-9H2,1-2H3,(H,14,15). The second-order valence-electron chi connectivity index (χ2n) is 4.83. The minimum Gasteiger partial charge on any atom is -0.481 e. The van der Waals surface area contributed by atoms with E-state index in [0.29, 0.717) is 19.4 Å². The van der Waals surface area contributed by atoms with Gasteiger partial charge < -0.3 is 5.11 Å². The van der Waals surface area contributed by atoms with Gasteiger partial charge in [-0.2, -0.15) is 12.7 Å². The highest BCUT2D eigenvalue weighted by atomic mass is 32.2. The van der Waals surface area contributed by atoms with Crippen molar-refractivity contribution in [3.05, 3.63) is 0 Å². The summed E-state index contributed by atoms with van der Waals surface area (Å²) in [7, 11) is -2.12. The smallest absolute Gasteiger partial charge is 0.305 e. The lowest BCUT2D eigenvalue weighted by molar-refractivity contribution is -0.140. The summed E-state index contributed by atoms with van der Waals surface area (Å²) in [5.74, 6) is -0.949. The van der Waals surface area contributed by atoms with Crippen LogP contribution >= 0.6 is 0 Å². The molecule has 0 atom stereocenters. The van der Waals surface area contributed by atoms with Crippen LogP contribution in [0.3, 0.4) is 0 Å². The van der Waals surface area contributed by atoms with Crippen molar-refractivity contribution in [2.75, 3.05) is 13.6 Å². The third-order valence-corrected chi connectivity index (χ3v) is 5.38. The number of nitrogens with one attached hydrogen (secondary N) is 1. The first-order valence-electron chi connectivity index (χ1n) is 6.29. The van der Waals surface area contributed by atoms with E-state index in [0.717, 1.165) is 19.3 Å². The molecule has 106 valence electrons. The molecule has 1 aliphatic rings. The molecule has 6 nitrogen and oxygen atoms in total. The van der Waals surface area contributed by atoms with E-state index >= 15 is 0 Å². The van der Waals surface area contributed by atoms with Crippen molar-refractivity contribution in [3.8, 4) is 0 Å². The molecule has 1 rings (SSSR count). The van der Waals surface area contributed by atoms with E-state index in [2.05, 4.69) is 4.72 Å². The minimum absolute atomic E-state index is 0.131. The van der Waals surface area contributed by atoms with E-state index in [4.69, 9.17) is 5.11 Å². The van der Waals surface area contributed by atoms with Crippen LogP contribution in [0.2, 0.25) is 0 Å². The van der Waals surface area contributed by atoms with Crippen LogP contribution in [-0.2, 0) is 15.0 Å². The molecule has 1 fully saturated rings. The van der Waals surface area contributed by atoms with Gasteiger partial charge in [0.2, 0.25) is 0 Å². The van der Waals surface area contributed by atoms with Crippen molar-refractivity contribution < 1.29 is 18.3 Å². The number of carboxylic acid groups (broad SMARTS) is 1. The zero-order chi connectivity index (χ0) is 13.8. The molecule has 0 aliphatic heterocycles. The number of rotatable bonds is 6. The summed E-state index contributed by atoms with van der Waals surface area (Å²) < 4.78 is 27.7. The highest BCUT2D eigenvalue weighted by Crippen LogP contribution is 2.37. The van der Waals surface area contributed by atoms with Crippen molar-refractivity contribution in [1.82, 2.24) is 9.03 Å². The summed E-state index contributed by atoms with van der Waals surface area (Å²) in [4.78, 5) is 11.0. The van der Waals surface area contributed by atoms with Crippen LogP contribution < -0.4 is 4.72 Å². The maximum absolute atomic E-state index is 12.0. The van der Waals surface area contributed by atoms with Crippen molar-refractivity contribution in [2.45, 2.75) is 51.0 Å². The molecule has 0 spiro atoms. The number of nitrogens with zero attached hydrogens (tertiary/aromatic N) is 1. The normalized spacial score (nSPS) is 19.9. The molecular formula is C11H22N2O4S. The molecule has 0 unspecified atom stereocenters. The average molecular weight is 278 g/mol. The molecule has 7 heteroatoms. The summed E-state index contributed by atoms with van der Waals surface area (Å²) in [5.41, 5.74) is -0.773. The molecular weight excluding hydrogens is 256 g/mol.